The van der Waals surface area contributed by atoms with Crippen LogP contribution in [0.1, 0.15) is 6.92 Å². The minimum atomic E-state index is -0.793. The van der Waals surface area contributed by atoms with Crippen molar-refractivity contribution in [3.8, 4) is 0 Å². The molecule has 0 amide bonds. The van der Waals surface area contributed by atoms with Gasteiger partial charge in [0, 0.05) is 7.11 Å². The molecule has 0 saturated carbocycles. The van der Waals surface area contributed by atoms with Crippen molar-refractivity contribution in [3.05, 3.63) is 12.7 Å². The summed E-state index contributed by atoms with van der Waals surface area (Å²) in [5, 5.41) is 9.28. The molecule has 0 aromatic carbocycles. The minimum Gasteiger partial charge on any atom is -0.393 e. The standard InChI is InChI=1S/C11H21BO6/c1-4-5-15-11(2,8-13)9-18-12-16-6-10(14-3)7-17-12/h4,10,13H,1,5-9H2,2-3H3. The van der Waals surface area contributed by atoms with Crippen molar-refractivity contribution in [2.75, 3.05) is 40.1 Å². The molecule has 1 aliphatic rings. The van der Waals surface area contributed by atoms with Crippen LogP contribution in [0, 0.1) is 0 Å². The van der Waals surface area contributed by atoms with E-state index in [0.717, 1.165) is 0 Å². The Morgan fingerprint density at radius 3 is 2.67 bits per heavy atom. The zero-order chi connectivity index (χ0) is 13.4. The molecule has 0 bridgehead atoms. The van der Waals surface area contributed by atoms with E-state index in [9.17, 15) is 5.11 Å². The van der Waals surface area contributed by atoms with Gasteiger partial charge in [0.05, 0.1) is 33.0 Å². The predicted octanol–water partition coefficient (Wildman–Crippen LogP) is 0.00330. The van der Waals surface area contributed by atoms with Crippen LogP contribution in [0.3, 0.4) is 0 Å². The lowest BCUT2D eigenvalue weighted by Gasteiger charge is -2.30. The van der Waals surface area contributed by atoms with E-state index >= 15 is 0 Å². The van der Waals surface area contributed by atoms with Crippen LogP contribution in [0.2, 0.25) is 0 Å². The smallest absolute Gasteiger partial charge is 0.393 e. The highest BCUT2D eigenvalue weighted by molar-refractivity contribution is 6.36. The van der Waals surface area contributed by atoms with E-state index in [1.165, 1.54) is 0 Å². The second kappa shape index (κ2) is 7.88. The van der Waals surface area contributed by atoms with Crippen molar-refractivity contribution >= 4 is 7.32 Å². The van der Waals surface area contributed by atoms with Crippen molar-refractivity contribution in [1.82, 2.24) is 0 Å². The Morgan fingerprint density at radius 2 is 2.17 bits per heavy atom. The number of hydrogen-bond acceptors (Lipinski definition) is 6. The molecule has 1 rings (SSSR count). The predicted molar refractivity (Wildman–Crippen MR) is 66.0 cm³/mol. The third kappa shape index (κ3) is 5.05. The number of methoxy groups -OCH3 is 1. The molecule has 6 nitrogen and oxygen atoms in total. The zero-order valence-corrected chi connectivity index (χ0v) is 11.0. The Hall–Kier alpha value is -0.435. The third-order valence-electron chi connectivity index (χ3n) is 2.58. The number of rotatable bonds is 8. The fraction of sp³-hybridized carbons (Fsp3) is 0.818. The van der Waals surface area contributed by atoms with Gasteiger partial charge >= 0.3 is 7.32 Å². The second-order valence-corrected chi connectivity index (χ2v) is 4.33. The van der Waals surface area contributed by atoms with Gasteiger partial charge in [-0.3, -0.25) is 0 Å². The van der Waals surface area contributed by atoms with Gasteiger partial charge in [0.15, 0.2) is 0 Å². The second-order valence-electron chi connectivity index (χ2n) is 4.33. The lowest BCUT2D eigenvalue weighted by atomic mass is 10.1. The molecule has 1 fully saturated rings. The van der Waals surface area contributed by atoms with E-state index in [2.05, 4.69) is 6.58 Å². The largest absolute Gasteiger partial charge is 0.639 e. The molecular weight excluding hydrogens is 239 g/mol. The van der Waals surface area contributed by atoms with Gasteiger partial charge < -0.3 is 28.5 Å². The summed E-state index contributed by atoms with van der Waals surface area (Å²) >= 11 is 0. The van der Waals surface area contributed by atoms with Crippen molar-refractivity contribution in [2.24, 2.45) is 0 Å². The minimum absolute atomic E-state index is 0.0638. The van der Waals surface area contributed by atoms with E-state index in [-0.39, 0.29) is 19.3 Å². The van der Waals surface area contributed by atoms with Gasteiger partial charge in [0.2, 0.25) is 0 Å². The third-order valence-corrected chi connectivity index (χ3v) is 2.58. The summed E-state index contributed by atoms with van der Waals surface area (Å²) < 4.78 is 26.5. The summed E-state index contributed by atoms with van der Waals surface area (Å²) in [6.07, 6.45) is 1.55. The fourth-order valence-electron chi connectivity index (χ4n) is 1.34. The van der Waals surface area contributed by atoms with E-state index in [4.69, 9.17) is 23.4 Å². The molecule has 1 atom stereocenters. The van der Waals surface area contributed by atoms with Gasteiger partial charge in [-0.15, -0.1) is 6.58 Å². The normalized spacial score (nSPS) is 20.7. The molecule has 1 unspecified atom stereocenters. The molecule has 0 spiro atoms. The molecule has 104 valence electrons. The maximum atomic E-state index is 9.28. The molecule has 1 saturated heterocycles. The highest BCUT2D eigenvalue weighted by Crippen LogP contribution is 2.13. The Morgan fingerprint density at radius 1 is 1.50 bits per heavy atom. The Bertz CT molecular complexity index is 244. The first-order valence-electron chi connectivity index (χ1n) is 5.87. The number of aliphatic hydroxyl groups is 1. The van der Waals surface area contributed by atoms with Crippen LogP contribution in [-0.2, 0) is 23.4 Å². The van der Waals surface area contributed by atoms with Gasteiger partial charge in [-0.05, 0) is 6.92 Å². The van der Waals surface area contributed by atoms with Gasteiger partial charge in [-0.1, -0.05) is 6.08 Å². The molecule has 0 aliphatic carbocycles. The number of hydrogen-bond donors (Lipinski definition) is 1. The summed E-state index contributed by atoms with van der Waals surface area (Å²) in [4.78, 5) is 0. The van der Waals surface area contributed by atoms with Crippen LogP contribution in [0.5, 0.6) is 0 Å². The molecule has 18 heavy (non-hydrogen) atoms. The topological polar surface area (TPSA) is 66.4 Å². The Balaban J connectivity index is 2.28. The molecule has 0 radical (unpaired) electrons. The van der Waals surface area contributed by atoms with Gasteiger partial charge in [-0.2, -0.15) is 0 Å². The van der Waals surface area contributed by atoms with Crippen molar-refractivity contribution in [1.29, 1.82) is 0 Å². The highest BCUT2D eigenvalue weighted by Gasteiger charge is 2.33. The van der Waals surface area contributed by atoms with Gasteiger partial charge in [0.25, 0.3) is 0 Å². The molecule has 0 aromatic rings. The number of aliphatic hydroxyl groups excluding tert-OH is 1. The van der Waals surface area contributed by atoms with Gasteiger partial charge in [-0.25, -0.2) is 0 Å². The maximum Gasteiger partial charge on any atom is 0.639 e. The first kappa shape index (κ1) is 15.6. The van der Waals surface area contributed by atoms with Crippen LogP contribution >= 0.6 is 0 Å². The average Bonchev–Trinajstić information content (AvgIpc) is 2.43. The Labute approximate surface area is 108 Å². The molecular formula is C11H21BO6. The summed E-state index contributed by atoms with van der Waals surface area (Å²) in [5.41, 5.74) is -0.793. The van der Waals surface area contributed by atoms with Crippen LogP contribution in [0.15, 0.2) is 12.7 Å². The SMILES string of the molecule is C=CCOC(C)(CO)COB1OCC(OC)CO1. The van der Waals surface area contributed by atoms with Gasteiger partial charge in [0.1, 0.15) is 11.7 Å². The van der Waals surface area contributed by atoms with E-state index < -0.39 is 12.9 Å². The lowest BCUT2D eigenvalue weighted by Crippen LogP contribution is -2.46. The summed E-state index contributed by atoms with van der Waals surface area (Å²) in [6, 6.07) is 0. The summed E-state index contributed by atoms with van der Waals surface area (Å²) in [6.45, 7) is 6.50. The molecule has 0 aromatic heterocycles. The zero-order valence-electron chi connectivity index (χ0n) is 11.0. The molecule has 1 heterocycles. The summed E-state index contributed by atoms with van der Waals surface area (Å²) in [7, 11) is 0.861. The molecule has 1 aliphatic heterocycles. The highest BCUT2D eigenvalue weighted by atomic mass is 16.8. The van der Waals surface area contributed by atoms with Crippen LogP contribution < -0.4 is 0 Å². The van der Waals surface area contributed by atoms with Crippen LogP contribution in [-0.4, -0.2) is 64.3 Å². The van der Waals surface area contributed by atoms with Crippen molar-refractivity contribution < 1.29 is 28.5 Å². The average molecular weight is 260 g/mol. The molecule has 1 N–H and O–H groups in total. The monoisotopic (exact) mass is 260 g/mol. The van der Waals surface area contributed by atoms with Crippen LogP contribution in [0.4, 0.5) is 0 Å². The molecule has 7 heteroatoms. The quantitative estimate of drug-likeness (QED) is 0.489. The lowest BCUT2D eigenvalue weighted by molar-refractivity contribution is -0.103. The maximum absolute atomic E-state index is 9.28. The first-order chi connectivity index (χ1) is 8.63. The number of ether oxygens (including phenoxy) is 2. The first-order valence-corrected chi connectivity index (χ1v) is 5.87. The summed E-state index contributed by atoms with van der Waals surface area (Å²) in [5.74, 6) is 0. The Kier molecular flexibility index (Phi) is 6.84. The van der Waals surface area contributed by atoms with E-state index in [0.29, 0.717) is 19.8 Å². The van der Waals surface area contributed by atoms with Crippen LogP contribution in [0.25, 0.3) is 0 Å². The fourth-order valence-corrected chi connectivity index (χ4v) is 1.34. The van der Waals surface area contributed by atoms with Crippen molar-refractivity contribution in [2.45, 2.75) is 18.6 Å². The van der Waals surface area contributed by atoms with Crippen molar-refractivity contribution in [3.63, 3.8) is 0 Å². The van der Waals surface area contributed by atoms with E-state index in [1.54, 1.807) is 20.1 Å². The van der Waals surface area contributed by atoms with E-state index in [1.807, 2.05) is 0 Å².